The van der Waals surface area contributed by atoms with Crippen LogP contribution in [0.25, 0.3) is 0 Å². The van der Waals surface area contributed by atoms with Crippen molar-refractivity contribution in [3.05, 3.63) is 0 Å². The summed E-state index contributed by atoms with van der Waals surface area (Å²) in [5, 5.41) is 15.6. The predicted molar refractivity (Wildman–Crippen MR) is 86.4 cm³/mol. The Morgan fingerprint density at radius 1 is 1.41 bits per heavy atom. The number of aliphatic hydroxyl groups excluding tert-OH is 1. The molecule has 7 nitrogen and oxygen atoms in total. The molecular weight excluding hydrogens is 330 g/mol. The summed E-state index contributed by atoms with van der Waals surface area (Å²) in [4.78, 5) is 12.2. The molecule has 2 heterocycles. The molecule has 0 spiro atoms. The molecule has 0 aromatic carbocycles. The van der Waals surface area contributed by atoms with Crippen molar-refractivity contribution in [3.8, 4) is 0 Å². The molecule has 3 unspecified atom stereocenters. The van der Waals surface area contributed by atoms with Gasteiger partial charge in [0.2, 0.25) is 15.9 Å². The number of rotatable bonds is 5. The number of hydrogen-bond acceptors (Lipinski definition) is 5. The number of carbonyl (C=O) groups excluding carboxylic acids is 1. The molecule has 2 rings (SSSR count). The van der Waals surface area contributed by atoms with Crippen LogP contribution in [0.2, 0.25) is 0 Å². The monoisotopic (exact) mass is 355 g/mol. The van der Waals surface area contributed by atoms with E-state index >= 15 is 0 Å². The van der Waals surface area contributed by atoms with E-state index in [4.69, 9.17) is 0 Å². The molecule has 0 aliphatic carbocycles. The van der Waals surface area contributed by atoms with Crippen molar-refractivity contribution in [1.29, 1.82) is 0 Å². The Bertz CT molecular complexity index is 474. The lowest BCUT2D eigenvalue weighted by Gasteiger charge is -2.31. The van der Waals surface area contributed by atoms with Crippen LogP contribution < -0.4 is 10.6 Å². The summed E-state index contributed by atoms with van der Waals surface area (Å²) in [5.74, 6) is -0.286. The van der Waals surface area contributed by atoms with Gasteiger partial charge < -0.3 is 15.7 Å². The van der Waals surface area contributed by atoms with Crippen molar-refractivity contribution < 1.29 is 18.3 Å². The second-order valence-electron chi connectivity index (χ2n) is 5.83. The summed E-state index contributed by atoms with van der Waals surface area (Å²) >= 11 is 0. The fourth-order valence-electron chi connectivity index (χ4n) is 2.90. The lowest BCUT2D eigenvalue weighted by molar-refractivity contribution is -0.126. The van der Waals surface area contributed by atoms with E-state index in [0.717, 1.165) is 0 Å². The van der Waals surface area contributed by atoms with Gasteiger partial charge in [-0.15, -0.1) is 12.4 Å². The number of nitrogens with one attached hydrogen (secondary N) is 2. The minimum Gasteiger partial charge on any atom is -0.391 e. The second kappa shape index (κ2) is 8.44. The third-order valence-electron chi connectivity index (χ3n) is 4.36. The normalized spacial score (nSPS) is 29.8. The van der Waals surface area contributed by atoms with Crippen molar-refractivity contribution in [2.24, 2.45) is 11.8 Å². The van der Waals surface area contributed by atoms with E-state index in [1.165, 1.54) is 4.31 Å². The van der Waals surface area contributed by atoms with Crippen molar-refractivity contribution >= 4 is 28.3 Å². The van der Waals surface area contributed by atoms with Crippen LogP contribution in [0.4, 0.5) is 0 Å². The third-order valence-corrected chi connectivity index (χ3v) is 6.20. The Hall–Kier alpha value is -0.410. The summed E-state index contributed by atoms with van der Waals surface area (Å²) in [6.45, 7) is 4.09. The largest absolute Gasteiger partial charge is 0.391 e. The van der Waals surface area contributed by atoms with Crippen molar-refractivity contribution in [3.63, 3.8) is 0 Å². The number of sulfonamides is 1. The summed E-state index contributed by atoms with van der Waals surface area (Å²) in [5.41, 5.74) is 0. The number of nitrogens with zero attached hydrogens (tertiary/aromatic N) is 1. The van der Waals surface area contributed by atoms with Crippen LogP contribution in [0.3, 0.4) is 0 Å². The molecule has 130 valence electrons. The molecule has 2 saturated heterocycles. The zero-order chi connectivity index (χ0) is 15.5. The van der Waals surface area contributed by atoms with Gasteiger partial charge in [-0.25, -0.2) is 12.7 Å². The Balaban J connectivity index is 0.00000242. The molecule has 0 saturated carbocycles. The molecule has 0 aromatic rings. The molecule has 3 atom stereocenters. The highest BCUT2D eigenvalue weighted by Crippen LogP contribution is 2.20. The Morgan fingerprint density at radius 2 is 2.14 bits per heavy atom. The van der Waals surface area contributed by atoms with Crippen LogP contribution in [0.5, 0.6) is 0 Å². The van der Waals surface area contributed by atoms with Crippen LogP contribution in [0.15, 0.2) is 0 Å². The maximum Gasteiger partial charge on any atom is 0.224 e. The van der Waals surface area contributed by atoms with Gasteiger partial charge in [-0.2, -0.15) is 0 Å². The first-order chi connectivity index (χ1) is 9.94. The van der Waals surface area contributed by atoms with E-state index < -0.39 is 16.1 Å². The van der Waals surface area contributed by atoms with E-state index in [0.29, 0.717) is 39.0 Å². The average Bonchev–Trinajstić information content (AvgIpc) is 2.90. The number of β-amino-alcohol motifs (C(OH)–C–C–N with tert-alkyl or cyclic N) is 1. The van der Waals surface area contributed by atoms with Crippen LogP contribution >= 0.6 is 12.4 Å². The fourth-order valence-corrected chi connectivity index (χ4v) is 4.07. The van der Waals surface area contributed by atoms with Crippen molar-refractivity contribution in [2.45, 2.75) is 25.9 Å². The summed E-state index contributed by atoms with van der Waals surface area (Å²) < 4.78 is 25.2. The van der Waals surface area contributed by atoms with Gasteiger partial charge in [0.1, 0.15) is 0 Å². The van der Waals surface area contributed by atoms with E-state index in [9.17, 15) is 18.3 Å². The zero-order valence-electron chi connectivity index (χ0n) is 12.8. The van der Waals surface area contributed by atoms with Gasteiger partial charge in [0.15, 0.2) is 0 Å². The first-order valence-electron chi connectivity index (χ1n) is 7.58. The van der Waals surface area contributed by atoms with E-state index in [2.05, 4.69) is 10.6 Å². The SMILES string of the molecule is CCS(=O)(=O)N1CCCC(C(=O)NCC2CNCC2O)C1.Cl. The van der Waals surface area contributed by atoms with E-state index in [1.54, 1.807) is 6.92 Å². The number of aliphatic hydroxyl groups is 1. The van der Waals surface area contributed by atoms with Crippen molar-refractivity contribution in [1.82, 2.24) is 14.9 Å². The molecule has 0 radical (unpaired) electrons. The Morgan fingerprint density at radius 3 is 2.73 bits per heavy atom. The average molecular weight is 356 g/mol. The van der Waals surface area contributed by atoms with E-state index in [1.807, 2.05) is 0 Å². The summed E-state index contributed by atoms with van der Waals surface area (Å²) in [6.07, 6.45) is 1.01. The Labute approximate surface area is 138 Å². The summed E-state index contributed by atoms with van der Waals surface area (Å²) in [7, 11) is -3.22. The highest BCUT2D eigenvalue weighted by Gasteiger charge is 2.32. The fraction of sp³-hybridized carbons (Fsp3) is 0.923. The second-order valence-corrected chi connectivity index (χ2v) is 8.09. The van der Waals surface area contributed by atoms with E-state index in [-0.39, 0.29) is 42.4 Å². The van der Waals surface area contributed by atoms with Gasteiger partial charge in [0.05, 0.1) is 17.8 Å². The van der Waals surface area contributed by atoms with Gasteiger partial charge in [-0.05, 0) is 19.8 Å². The highest BCUT2D eigenvalue weighted by atomic mass is 35.5. The standard InChI is InChI=1S/C13H25N3O4S.ClH/c1-2-21(19,20)16-5-3-4-10(9-16)13(18)15-7-11-6-14-8-12(11)17;/h10-12,14,17H,2-9H2,1H3,(H,15,18);1H. The molecule has 9 heteroatoms. The number of halogens is 1. The molecule has 2 aliphatic heterocycles. The quantitative estimate of drug-likeness (QED) is 0.597. The summed E-state index contributed by atoms with van der Waals surface area (Å²) in [6, 6.07) is 0. The minimum absolute atomic E-state index is 0. The predicted octanol–water partition coefficient (Wildman–Crippen LogP) is -0.834. The molecular formula is C13H26ClN3O4S. The third kappa shape index (κ3) is 4.79. The molecule has 0 aromatic heterocycles. The lowest BCUT2D eigenvalue weighted by atomic mass is 9.98. The first-order valence-corrected chi connectivity index (χ1v) is 9.19. The topological polar surface area (TPSA) is 98.7 Å². The molecule has 3 N–H and O–H groups in total. The van der Waals surface area contributed by atoms with Gasteiger partial charge in [-0.3, -0.25) is 4.79 Å². The molecule has 1 amide bonds. The number of hydrogen-bond donors (Lipinski definition) is 3. The lowest BCUT2D eigenvalue weighted by Crippen LogP contribution is -2.47. The number of carbonyl (C=O) groups is 1. The van der Waals surface area contributed by atoms with Gasteiger partial charge >= 0.3 is 0 Å². The smallest absolute Gasteiger partial charge is 0.224 e. The first kappa shape index (κ1) is 19.6. The molecule has 2 aliphatic rings. The number of amides is 1. The molecule has 22 heavy (non-hydrogen) atoms. The van der Waals surface area contributed by atoms with Gasteiger partial charge in [-0.1, -0.05) is 0 Å². The van der Waals surface area contributed by atoms with Crippen LogP contribution in [-0.4, -0.2) is 68.3 Å². The molecule has 2 fully saturated rings. The van der Waals surface area contributed by atoms with Crippen molar-refractivity contribution in [2.75, 3.05) is 38.5 Å². The maximum atomic E-state index is 12.2. The number of piperidine rings is 1. The van der Waals surface area contributed by atoms with Crippen LogP contribution in [-0.2, 0) is 14.8 Å². The van der Waals surface area contributed by atoms with Gasteiger partial charge in [0, 0.05) is 38.6 Å². The molecule has 0 bridgehead atoms. The van der Waals surface area contributed by atoms with Crippen LogP contribution in [0, 0.1) is 11.8 Å². The maximum absolute atomic E-state index is 12.2. The Kier molecular flexibility index (Phi) is 7.54. The van der Waals surface area contributed by atoms with Crippen LogP contribution in [0.1, 0.15) is 19.8 Å². The van der Waals surface area contributed by atoms with Gasteiger partial charge in [0.25, 0.3) is 0 Å². The highest BCUT2D eigenvalue weighted by molar-refractivity contribution is 7.89. The zero-order valence-corrected chi connectivity index (χ0v) is 14.5. The minimum atomic E-state index is -3.22.